The molecule has 1 heterocycles. The van der Waals surface area contributed by atoms with E-state index in [1.165, 1.54) is 23.9 Å². The van der Waals surface area contributed by atoms with Gasteiger partial charge in [0.2, 0.25) is 5.16 Å². The summed E-state index contributed by atoms with van der Waals surface area (Å²) < 4.78 is 26.0. The Bertz CT molecular complexity index is 698. The van der Waals surface area contributed by atoms with Crippen LogP contribution in [0, 0.1) is 0 Å². The second-order valence-electron chi connectivity index (χ2n) is 4.62. The van der Waals surface area contributed by atoms with Crippen molar-refractivity contribution >= 4 is 33.2 Å². The van der Waals surface area contributed by atoms with Crippen molar-refractivity contribution in [3.05, 3.63) is 29.3 Å². The molecular formula is C12H15ClN4O2S2. The lowest BCUT2D eigenvalue weighted by molar-refractivity contribution is 0.477. The van der Waals surface area contributed by atoms with Crippen LogP contribution in [0.1, 0.15) is 19.9 Å². The Morgan fingerprint density at radius 2 is 1.95 bits per heavy atom. The topological polar surface area (TPSA) is 77.7 Å². The third-order valence-corrected chi connectivity index (χ3v) is 5.89. The quantitative estimate of drug-likeness (QED) is 0.748. The predicted octanol–water partition coefficient (Wildman–Crippen LogP) is 2.47. The molecule has 0 spiro atoms. The van der Waals surface area contributed by atoms with Gasteiger partial charge < -0.3 is 0 Å². The minimum Gasteiger partial charge on any atom is -0.224 e. The monoisotopic (exact) mass is 346 g/mol. The molecule has 2 rings (SSSR count). The van der Waals surface area contributed by atoms with Crippen LogP contribution in [0.15, 0.2) is 34.3 Å². The zero-order valence-electron chi connectivity index (χ0n) is 11.6. The summed E-state index contributed by atoms with van der Waals surface area (Å²) in [6, 6.07) is 6.30. The molecule has 0 bridgehead atoms. The van der Waals surface area contributed by atoms with Crippen molar-refractivity contribution in [3.8, 4) is 0 Å². The third-order valence-electron chi connectivity index (χ3n) is 2.71. The van der Waals surface area contributed by atoms with E-state index in [0.717, 1.165) is 0 Å². The molecule has 0 radical (unpaired) electrons. The molecule has 0 amide bonds. The molecule has 0 fully saturated rings. The smallest absolute Gasteiger partial charge is 0.209 e. The highest BCUT2D eigenvalue weighted by atomic mass is 35.5. The van der Waals surface area contributed by atoms with E-state index in [1.54, 1.807) is 16.8 Å². The van der Waals surface area contributed by atoms with Gasteiger partial charge in [0, 0.05) is 10.8 Å². The van der Waals surface area contributed by atoms with Crippen LogP contribution in [-0.2, 0) is 9.84 Å². The van der Waals surface area contributed by atoms with Crippen LogP contribution < -0.4 is 0 Å². The van der Waals surface area contributed by atoms with Crippen LogP contribution in [-0.4, -0.2) is 40.1 Å². The number of nitrogens with zero attached hydrogens (tertiary/aromatic N) is 4. The maximum atomic E-state index is 12.2. The van der Waals surface area contributed by atoms with Crippen LogP contribution >= 0.6 is 23.4 Å². The number of halogens is 1. The Morgan fingerprint density at radius 3 is 2.57 bits per heavy atom. The van der Waals surface area contributed by atoms with Gasteiger partial charge in [-0.15, -0.1) is 5.10 Å². The van der Waals surface area contributed by atoms with Crippen LogP contribution in [0.25, 0.3) is 0 Å². The molecule has 1 aromatic heterocycles. The summed E-state index contributed by atoms with van der Waals surface area (Å²) in [6.45, 7) is 3.93. The maximum absolute atomic E-state index is 12.2. The van der Waals surface area contributed by atoms with Crippen molar-refractivity contribution in [2.24, 2.45) is 0 Å². The van der Waals surface area contributed by atoms with Gasteiger partial charge in [0.05, 0.1) is 16.7 Å². The highest BCUT2D eigenvalue weighted by molar-refractivity contribution is 8.00. The first-order chi connectivity index (χ1) is 9.90. The Hall–Kier alpha value is -1.12. The number of aromatic nitrogens is 4. The first-order valence-corrected chi connectivity index (χ1v) is 9.31. The lowest BCUT2D eigenvalue weighted by Gasteiger charge is -2.07. The van der Waals surface area contributed by atoms with E-state index < -0.39 is 9.84 Å². The van der Waals surface area contributed by atoms with Gasteiger partial charge in [-0.05, 0) is 48.5 Å². The zero-order valence-corrected chi connectivity index (χ0v) is 14.0. The molecule has 0 aliphatic rings. The van der Waals surface area contributed by atoms with Crippen molar-refractivity contribution < 1.29 is 8.42 Å². The fraction of sp³-hybridized carbons (Fsp3) is 0.417. The van der Waals surface area contributed by atoms with E-state index in [-0.39, 0.29) is 16.7 Å². The van der Waals surface area contributed by atoms with E-state index in [2.05, 4.69) is 15.5 Å². The maximum Gasteiger partial charge on any atom is 0.209 e. The Kier molecular flexibility index (Phi) is 5.23. The van der Waals surface area contributed by atoms with Crippen LogP contribution in [0.3, 0.4) is 0 Å². The molecule has 0 aliphatic carbocycles. The van der Waals surface area contributed by atoms with Crippen molar-refractivity contribution in [2.75, 3.05) is 11.5 Å². The zero-order chi connectivity index (χ0) is 15.5. The van der Waals surface area contributed by atoms with E-state index in [4.69, 9.17) is 11.6 Å². The van der Waals surface area contributed by atoms with Crippen LogP contribution in [0.4, 0.5) is 0 Å². The van der Waals surface area contributed by atoms with E-state index in [9.17, 15) is 8.42 Å². The molecule has 114 valence electrons. The highest BCUT2D eigenvalue weighted by Gasteiger charge is 2.16. The number of rotatable bonds is 6. The van der Waals surface area contributed by atoms with Gasteiger partial charge in [0.15, 0.2) is 9.84 Å². The van der Waals surface area contributed by atoms with E-state index in [1.807, 2.05) is 13.8 Å². The first-order valence-electron chi connectivity index (χ1n) is 6.29. The van der Waals surface area contributed by atoms with Gasteiger partial charge in [-0.3, -0.25) is 0 Å². The summed E-state index contributed by atoms with van der Waals surface area (Å²) in [5.41, 5.74) is 0. The van der Waals surface area contributed by atoms with E-state index in [0.29, 0.717) is 15.9 Å². The Balaban J connectivity index is 1.99. The van der Waals surface area contributed by atoms with E-state index >= 15 is 0 Å². The average Bonchev–Trinajstić information content (AvgIpc) is 2.87. The Labute approximate surface area is 132 Å². The van der Waals surface area contributed by atoms with Crippen LogP contribution in [0.5, 0.6) is 0 Å². The normalized spacial score (nSPS) is 12.0. The number of sulfone groups is 1. The fourth-order valence-electron chi connectivity index (χ4n) is 1.61. The molecule has 9 heteroatoms. The molecule has 0 saturated carbocycles. The molecule has 0 aliphatic heterocycles. The number of hydrogen-bond acceptors (Lipinski definition) is 6. The molecular weight excluding hydrogens is 332 g/mol. The molecule has 21 heavy (non-hydrogen) atoms. The second-order valence-corrected chi connectivity index (χ2v) is 8.23. The third kappa shape index (κ3) is 4.18. The van der Waals surface area contributed by atoms with Gasteiger partial charge in [-0.2, -0.15) is 0 Å². The largest absolute Gasteiger partial charge is 0.224 e. The molecule has 6 nitrogen and oxygen atoms in total. The summed E-state index contributed by atoms with van der Waals surface area (Å²) >= 11 is 7.09. The summed E-state index contributed by atoms with van der Waals surface area (Å²) in [6.07, 6.45) is 0. The molecule has 2 aromatic rings. The first kappa shape index (κ1) is 16.3. The molecule has 1 aromatic carbocycles. The highest BCUT2D eigenvalue weighted by Crippen LogP contribution is 2.20. The number of thioether (sulfide) groups is 1. The number of hydrogen-bond donors (Lipinski definition) is 0. The fourth-order valence-corrected chi connectivity index (χ4v) is 4.39. The molecule has 0 saturated heterocycles. The lowest BCUT2D eigenvalue weighted by atomic mass is 10.4. The van der Waals surface area contributed by atoms with Crippen molar-refractivity contribution in [1.29, 1.82) is 0 Å². The SMILES string of the molecule is CC(C)n1nnnc1SCCS(=O)(=O)c1ccc(Cl)cc1. The number of tetrazole rings is 1. The van der Waals surface area contributed by atoms with Gasteiger partial charge >= 0.3 is 0 Å². The average molecular weight is 347 g/mol. The van der Waals surface area contributed by atoms with Crippen molar-refractivity contribution in [1.82, 2.24) is 20.2 Å². The number of benzene rings is 1. The van der Waals surface area contributed by atoms with Crippen molar-refractivity contribution in [2.45, 2.75) is 29.9 Å². The second kappa shape index (κ2) is 6.76. The van der Waals surface area contributed by atoms with Gasteiger partial charge in [-0.25, -0.2) is 13.1 Å². The lowest BCUT2D eigenvalue weighted by Crippen LogP contribution is -2.10. The summed E-state index contributed by atoms with van der Waals surface area (Å²) in [5.74, 6) is 0.405. The van der Waals surface area contributed by atoms with Gasteiger partial charge in [0.25, 0.3) is 0 Å². The molecule has 0 N–H and O–H groups in total. The minimum atomic E-state index is -3.32. The summed E-state index contributed by atoms with van der Waals surface area (Å²) in [4.78, 5) is 0.274. The summed E-state index contributed by atoms with van der Waals surface area (Å²) in [5, 5.41) is 12.5. The molecule has 0 unspecified atom stereocenters. The van der Waals surface area contributed by atoms with Gasteiger partial charge in [0.1, 0.15) is 0 Å². The van der Waals surface area contributed by atoms with Crippen molar-refractivity contribution in [3.63, 3.8) is 0 Å². The van der Waals surface area contributed by atoms with Gasteiger partial charge in [-0.1, -0.05) is 23.4 Å². The summed E-state index contributed by atoms with van der Waals surface area (Å²) in [7, 11) is -3.32. The standard InChI is InChI=1S/C12H15ClN4O2S2/c1-9(2)17-12(14-15-16-17)20-7-8-21(18,19)11-5-3-10(13)4-6-11/h3-6,9H,7-8H2,1-2H3. The van der Waals surface area contributed by atoms with Crippen LogP contribution in [0.2, 0.25) is 5.02 Å². The Morgan fingerprint density at radius 1 is 1.29 bits per heavy atom. The molecule has 0 atom stereocenters. The predicted molar refractivity (Wildman–Crippen MR) is 82.4 cm³/mol. The minimum absolute atomic E-state index is 0.0181.